The number of nitrogens with one attached hydrogen (secondary N) is 1. The number of pyridine rings is 1. The minimum atomic E-state index is -3.43. The number of nitrogen functional groups attached to an aromatic ring is 1. The molecule has 42 nitrogen and oxygen atoms in total. The highest BCUT2D eigenvalue weighted by Crippen LogP contribution is 2.38. The molecule has 54 heteroatoms. The summed E-state index contributed by atoms with van der Waals surface area (Å²) >= 11 is 24.0. The molecule has 1 aliphatic rings. The van der Waals surface area contributed by atoms with Crippen molar-refractivity contribution < 1.29 is 130 Å². The number of benzene rings is 1. The molecule has 0 unspecified atom stereocenters. The van der Waals surface area contributed by atoms with Gasteiger partial charge in [-0.2, -0.15) is 8.78 Å². The Hall–Kier alpha value is -11.3. The summed E-state index contributed by atoms with van der Waals surface area (Å²) in [4.78, 5) is 145. The van der Waals surface area contributed by atoms with Crippen LogP contribution in [0.25, 0.3) is 0 Å². The zero-order chi connectivity index (χ0) is 99.9. The van der Waals surface area contributed by atoms with E-state index < -0.39 is 90.6 Å². The first kappa shape index (κ1) is 116. The number of carboxylic acids is 1. The van der Waals surface area contributed by atoms with E-state index >= 15 is 0 Å². The molecule has 1 saturated carbocycles. The maximum atomic E-state index is 13.0. The molecule has 0 saturated heterocycles. The highest BCUT2D eigenvalue weighted by Gasteiger charge is 2.29. The van der Waals surface area contributed by atoms with E-state index in [1.54, 1.807) is 34.6 Å². The fraction of sp³-hybridized carbons (Fsp3) is 0.405. The summed E-state index contributed by atoms with van der Waals surface area (Å²) in [6.07, 6.45) is 29.5. The average molecular weight is 2050 g/mol. The maximum absolute atomic E-state index is 13.0. The van der Waals surface area contributed by atoms with E-state index in [1.807, 2.05) is 29.7 Å². The Morgan fingerprint density at radius 3 is 1.39 bits per heavy atom. The van der Waals surface area contributed by atoms with Crippen LogP contribution in [0.5, 0.6) is 11.5 Å². The van der Waals surface area contributed by atoms with Gasteiger partial charge >= 0.3 is 54.4 Å². The number of hydrogen-bond donors (Lipinski definition) is 4. The van der Waals surface area contributed by atoms with Gasteiger partial charge in [-0.15, -0.1) is 11.8 Å². The molecule has 1 fully saturated rings. The third-order valence-corrected chi connectivity index (χ3v) is 20.9. The molecule has 133 heavy (non-hydrogen) atoms. The number of carbonyl (C=O) groups excluding carboxylic acids is 7. The summed E-state index contributed by atoms with van der Waals surface area (Å²) in [6.45, 7) is 15.5. The number of thioether (sulfide) groups is 4. The zero-order valence-corrected chi connectivity index (χ0v) is 82.3. The number of alkyl halides is 2. The first-order valence-electron chi connectivity index (χ1n) is 38.6. The second kappa shape index (κ2) is 58.6. The average Bonchev–Trinajstić information content (AvgIpc) is 1.76. The number of nitrogens with zero attached hydrogens (tertiary/aromatic N) is 15. The number of anilines is 2. The molecule has 9 aromatic rings. The molecule has 0 aliphatic heterocycles. The van der Waals surface area contributed by atoms with Crippen LogP contribution in [0.1, 0.15) is 177 Å². The Labute approximate surface area is 797 Å². The van der Waals surface area contributed by atoms with Crippen molar-refractivity contribution in [2.75, 3.05) is 100 Å². The van der Waals surface area contributed by atoms with Crippen LogP contribution in [0.15, 0.2) is 131 Å². The zero-order valence-electron chi connectivity index (χ0n) is 74.3. The number of hydrogen-bond acceptors (Lipinski definition) is 43. The second-order valence-corrected chi connectivity index (χ2v) is 37.1. The first-order chi connectivity index (χ1) is 62.6. The number of nitrogens with two attached hydrogens (primary N) is 1. The van der Waals surface area contributed by atoms with Gasteiger partial charge in [0, 0.05) is 104 Å². The van der Waals surface area contributed by atoms with Gasteiger partial charge in [-0.05, 0) is 102 Å². The molecule has 0 radical (unpaired) electrons. The number of halogens is 5. The number of esters is 7. The molecule has 8 heterocycles. The molecule has 0 bridgehead atoms. The van der Waals surface area contributed by atoms with E-state index in [2.05, 4.69) is 107 Å². The van der Waals surface area contributed by atoms with Crippen LogP contribution in [0.3, 0.4) is 0 Å². The van der Waals surface area contributed by atoms with Crippen LogP contribution in [0.2, 0.25) is 15.2 Å². The van der Waals surface area contributed by atoms with Crippen LogP contribution >= 0.6 is 81.9 Å². The van der Waals surface area contributed by atoms with Crippen molar-refractivity contribution in [2.45, 2.75) is 132 Å². The fourth-order valence-electron chi connectivity index (χ4n) is 8.47. The van der Waals surface area contributed by atoms with Crippen molar-refractivity contribution >= 4 is 171 Å². The van der Waals surface area contributed by atoms with Crippen molar-refractivity contribution in [3.05, 3.63) is 176 Å². The van der Waals surface area contributed by atoms with Crippen LogP contribution in [-0.2, 0) is 79.8 Å². The van der Waals surface area contributed by atoms with Crippen molar-refractivity contribution in [1.82, 2.24) is 69.8 Å². The summed E-state index contributed by atoms with van der Waals surface area (Å²) in [5.74, 6) is -5.78. The molecule has 10 rings (SSSR count). The Kier molecular flexibility index (Phi) is 51.1. The molecule has 0 spiro atoms. The van der Waals surface area contributed by atoms with Gasteiger partial charge in [0.25, 0.3) is 0 Å². The summed E-state index contributed by atoms with van der Waals surface area (Å²) in [6, 6.07) is 4.02. The SMILES string of the molecule is CCC(C)(C)C.CCOC(=O)c1cnc(N)nc1.CCOC(=O)c1cnc(S(C)(=O)=O)nc1.CCOC(=O)c1cnc(SC)nc1.CCOC(=O)c1cnc(SC)nc1Cl.CCOC(=O)c1cnc(SC)nc1SC.CS(=O)(=O)Cc1ncc(C(=O)OCC(=O)O[C@@H](Cc2c(Cl)c[n+](O)cc2Cl)c2ccc(OC(F)F)c(OCC3CC3)c2)cn1.CS(=O)(=O)Nc1ncc(C(=O)O)cn1. The molecule has 1 aliphatic carbocycles. The number of carbonyl (C=O) groups is 8. The van der Waals surface area contributed by atoms with E-state index in [-0.39, 0.29) is 115 Å². The molecule has 1 atom stereocenters. The van der Waals surface area contributed by atoms with Gasteiger partial charge in [-0.25, -0.2) is 133 Å². The van der Waals surface area contributed by atoms with Gasteiger partial charge in [0.1, 0.15) is 49.0 Å². The predicted octanol–water partition coefficient (Wildman–Crippen LogP) is 11.7. The van der Waals surface area contributed by atoms with Gasteiger partial charge < -0.3 is 53.5 Å². The number of carboxylic acid groups (broad SMARTS) is 1. The van der Waals surface area contributed by atoms with E-state index in [9.17, 15) is 77.6 Å². The minimum absolute atomic E-state index is 0.0000443. The topological polar surface area (TPSA) is 585 Å². The molecular formula is C79H97Cl3F2N17O25S7+. The number of rotatable bonds is 32. The van der Waals surface area contributed by atoms with Gasteiger partial charge in [-0.1, -0.05) is 110 Å². The van der Waals surface area contributed by atoms with Crippen LogP contribution in [0.4, 0.5) is 20.7 Å². The van der Waals surface area contributed by atoms with Crippen LogP contribution in [-0.4, -0.2) is 250 Å². The number of sulfone groups is 2. The number of aromatic carboxylic acids is 1. The summed E-state index contributed by atoms with van der Waals surface area (Å²) in [5, 5.41) is 20.6. The Balaban J connectivity index is 0.000000427. The lowest BCUT2D eigenvalue weighted by molar-refractivity contribution is -0.904. The minimum Gasteiger partial charge on any atom is -0.489 e. The number of ether oxygens (including phenoxy) is 9. The lowest BCUT2D eigenvalue weighted by Crippen LogP contribution is -2.29. The van der Waals surface area contributed by atoms with Crippen molar-refractivity contribution in [1.29, 1.82) is 0 Å². The maximum Gasteiger partial charge on any atom is 0.387 e. The normalized spacial score (nSPS) is 11.5. The number of aromatic nitrogens is 15. The third-order valence-electron chi connectivity index (χ3n) is 15.3. The third kappa shape index (κ3) is 45.8. The van der Waals surface area contributed by atoms with Crippen LogP contribution in [0, 0.1) is 11.3 Å². The smallest absolute Gasteiger partial charge is 0.387 e. The highest BCUT2D eigenvalue weighted by molar-refractivity contribution is 7.99. The lowest BCUT2D eigenvalue weighted by atomic mass is 9.94. The largest absolute Gasteiger partial charge is 0.489 e. The Morgan fingerprint density at radius 1 is 0.556 bits per heavy atom. The molecule has 8 aromatic heterocycles. The van der Waals surface area contributed by atoms with E-state index in [0.29, 0.717) is 79.3 Å². The molecule has 5 N–H and O–H groups in total. The fourth-order valence-corrected chi connectivity index (χ4v) is 12.5. The predicted molar refractivity (Wildman–Crippen MR) is 485 cm³/mol. The molecular weight excluding hydrogens is 1960 g/mol. The van der Waals surface area contributed by atoms with E-state index in [1.165, 1.54) is 109 Å². The molecule has 724 valence electrons. The van der Waals surface area contributed by atoms with Crippen LogP contribution < -0.4 is 24.7 Å². The van der Waals surface area contributed by atoms with Crippen molar-refractivity contribution in [2.24, 2.45) is 11.3 Å². The number of sulfonamides is 1. The van der Waals surface area contributed by atoms with Crippen molar-refractivity contribution in [3.8, 4) is 11.5 Å². The monoisotopic (exact) mass is 2050 g/mol. The molecule has 1 aromatic carbocycles. The van der Waals surface area contributed by atoms with E-state index in [0.717, 1.165) is 81.2 Å². The van der Waals surface area contributed by atoms with Gasteiger partial charge in [0.15, 0.2) is 43.4 Å². The summed E-state index contributed by atoms with van der Waals surface area (Å²) < 4.78 is 140. The van der Waals surface area contributed by atoms with Crippen molar-refractivity contribution in [3.63, 3.8) is 0 Å². The van der Waals surface area contributed by atoms with Gasteiger partial charge in [0.2, 0.25) is 49.3 Å². The Bertz CT molecular complexity index is 5650. The standard InChI is InChI=1S/C27H26Cl2F2N3O9S.C9H12N2O2S2.C8H9ClN2O2S.C8H10N2O4S.C8H10N2O2S.C7H9N3O2.C6H7N3O4S.C6H14/c1-44(38,39)14-24-32-8-17(9-33-24)26(36)41-13-25(35)42-22(7-18-19(28)10-34(37)11-20(18)29)16-4-5-21(43-27(30)31)23(6-16)40-12-15-2-3-15;1-4-13-8(12)6-5-10-9(15-3)11-7(6)14-2;1-3-13-7(12)5-4-10-8(14-2)11-6(5)9;1-3-14-7(11)6-4-9-8(10-5-6)15(2,12)13;1-3-12-7(11)6-4-9-8(13-2)10-5-6;1-2-12-6(11)5-3-9-7(8)10-4-5;1-14(12,13)9-6-7-2-4(3-8-6)5(10)11;1-5-6(2,3)4/h4-6,8-11,15,22,27,37H,2-3,7,12-14H2,1H3;5H,4H2,1-3H3;4H,3H2,1-2H3;4-5H,3H2,1-2H3;4-5H,3H2,1-2H3;3-4H,2H2,1H3,(H2,8,9,10);2-3H,1H3,(H,10,11)(H,7,8,9);5H2,1-4H3/q+1;;;;;;;/t22-;;;;;;;/m0......./s1. The van der Waals surface area contributed by atoms with E-state index in [4.69, 9.17) is 78.8 Å². The summed E-state index contributed by atoms with van der Waals surface area (Å²) in [7, 11) is -10.3. The van der Waals surface area contributed by atoms with Gasteiger partial charge in [0.05, 0.1) is 73.7 Å². The molecule has 0 amide bonds. The van der Waals surface area contributed by atoms with Gasteiger partial charge in [-0.3, -0.25) is 9.93 Å². The lowest BCUT2D eigenvalue weighted by Gasteiger charge is -2.21. The second-order valence-electron chi connectivity index (χ2n) is 27.0. The Morgan fingerprint density at radius 2 is 0.977 bits per heavy atom. The summed E-state index contributed by atoms with van der Waals surface area (Å²) in [5.41, 5.74) is 7.56. The highest BCUT2D eigenvalue weighted by atomic mass is 35.5. The first-order valence-corrected chi connectivity index (χ1v) is 50.5. The quantitative estimate of drug-likeness (QED) is 0.00578.